The van der Waals surface area contributed by atoms with Gasteiger partial charge in [0.2, 0.25) is 5.95 Å². The summed E-state index contributed by atoms with van der Waals surface area (Å²) in [6, 6.07) is 5.22. The first kappa shape index (κ1) is 26.0. The highest BCUT2D eigenvalue weighted by Gasteiger charge is 2.34. The molecule has 1 fully saturated rings. The van der Waals surface area contributed by atoms with E-state index in [2.05, 4.69) is 17.0 Å². The third kappa shape index (κ3) is 4.95. The number of aromatic nitrogens is 4. The molecule has 0 saturated carbocycles. The Morgan fingerprint density at radius 1 is 1.25 bits per heavy atom. The SMILES string of the molecule is C=Cn1nc2nc(N3CCC(C)(NC(=O)OC(C)(C)C)CC3)n(C)c(=O)c2c1-c1cccc(Cl)c1Cl. The number of hydrogen-bond donors (Lipinski definition) is 1. The lowest BCUT2D eigenvalue weighted by atomic mass is 9.90. The summed E-state index contributed by atoms with van der Waals surface area (Å²) in [5.41, 5.74) is 0.0958. The predicted molar refractivity (Wildman–Crippen MR) is 144 cm³/mol. The first-order valence-corrected chi connectivity index (χ1v) is 12.4. The summed E-state index contributed by atoms with van der Waals surface area (Å²) < 4.78 is 8.43. The average Bonchev–Trinajstić information content (AvgIpc) is 3.15. The summed E-state index contributed by atoms with van der Waals surface area (Å²) in [7, 11) is 1.69. The second-order valence-electron chi connectivity index (χ2n) is 10.2. The van der Waals surface area contributed by atoms with Crippen molar-refractivity contribution in [3.63, 3.8) is 0 Å². The molecule has 3 heterocycles. The maximum absolute atomic E-state index is 13.6. The molecule has 11 heteroatoms. The van der Waals surface area contributed by atoms with Crippen LogP contribution >= 0.6 is 23.2 Å². The van der Waals surface area contributed by atoms with Crippen molar-refractivity contribution >= 4 is 52.5 Å². The van der Waals surface area contributed by atoms with Crippen LogP contribution in [-0.4, -0.2) is 49.7 Å². The Hall–Kier alpha value is -3.04. The van der Waals surface area contributed by atoms with Crippen LogP contribution in [0.2, 0.25) is 10.0 Å². The van der Waals surface area contributed by atoms with Gasteiger partial charge in [-0.05, 0) is 46.6 Å². The lowest BCUT2D eigenvalue weighted by Crippen LogP contribution is -2.55. The Morgan fingerprint density at radius 2 is 1.92 bits per heavy atom. The number of fused-ring (bicyclic) bond motifs is 1. The lowest BCUT2D eigenvalue weighted by Gasteiger charge is -2.40. The number of rotatable bonds is 4. The highest BCUT2D eigenvalue weighted by atomic mass is 35.5. The van der Waals surface area contributed by atoms with Gasteiger partial charge in [-0.25, -0.2) is 9.48 Å². The van der Waals surface area contributed by atoms with Crippen LogP contribution in [0.4, 0.5) is 10.7 Å². The van der Waals surface area contributed by atoms with Crippen molar-refractivity contribution < 1.29 is 9.53 Å². The molecule has 36 heavy (non-hydrogen) atoms. The van der Waals surface area contributed by atoms with Crippen LogP contribution in [0.15, 0.2) is 29.6 Å². The van der Waals surface area contributed by atoms with Gasteiger partial charge in [-0.1, -0.05) is 41.9 Å². The van der Waals surface area contributed by atoms with Crippen molar-refractivity contribution in [2.75, 3.05) is 18.0 Å². The Kier molecular flexibility index (Phi) is 6.83. The van der Waals surface area contributed by atoms with Crippen molar-refractivity contribution in [2.24, 2.45) is 7.05 Å². The number of hydrogen-bond acceptors (Lipinski definition) is 6. The Morgan fingerprint density at radius 3 is 2.53 bits per heavy atom. The van der Waals surface area contributed by atoms with Gasteiger partial charge in [-0.3, -0.25) is 9.36 Å². The zero-order chi connectivity index (χ0) is 26.4. The third-order valence-corrected chi connectivity index (χ3v) is 7.07. The van der Waals surface area contributed by atoms with Crippen molar-refractivity contribution in [1.82, 2.24) is 24.6 Å². The molecule has 1 saturated heterocycles. The standard InChI is InChI=1S/C25H30Cl2N6O3/c1-7-33-19(15-9-8-10-16(26)18(15)27)17-20(30-33)28-22(31(6)21(17)34)32-13-11-25(5,12-14-32)29-23(35)36-24(2,3)4/h7-10H,1,11-14H2,2-6H3,(H,29,35). The van der Waals surface area contributed by atoms with Gasteiger partial charge in [0, 0.05) is 37.4 Å². The summed E-state index contributed by atoms with van der Waals surface area (Å²) in [5, 5.41) is 8.54. The van der Waals surface area contributed by atoms with Gasteiger partial charge >= 0.3 is 6.09 Å². The Balaban J connectivity index is 1.66. The summed E-state index contributed by atoms with van der Waals surface area (Å²) in [6.45, 7) is 12.5. The van der Waals surface area contributed by atoms with Gasteiger partial charge < -0.3 is 15.0 Å². The molecule has 0 atom stereocenters. The fraction of sp³-hybridized carbons (Fsp3) is 0.440. The predicted octanol–water partition coefficient (Wildman–Crippen LogP) is 5.09. The smallest absolute Gasteiger partial charge is 0.408 e. The molecule has 1 aliphatic rings. The molecule has 1 amide bonds. The Labute approximate surface area is 219 Å². The minimum atomic E-state index is -0.568. The van der Waals surface area contributed by atoms with Crippen molar-refractivity contribution in [3.8, 4) is 11.3 Å². The largest absolute Gasteiger partial charge is 0.444 e. The molecule has 0 bridgehead atoms. The number of carbonyl (C=O) groups excluding carboxylic acids is 1. The number of piperidine rings is 1. The zero-order valence-corrected chi connectivity index (χ0v) is 22.6. The van der Waals surface area contributed by atoms with E-state index in [1.807, 2.05) is 32.6 Å². The summed E-state index contributed by atoms with van der Waals surface area (Å²) in [6.07, 6.45) is 2.38. The minimum absolute atomic E-state index is 0.255. The number of halogens is 2. The van der Waals surface area contributed by atoms with Crippen LogP contribution in [-0.2, 0) is 11.8 Å². The van der Waals surface area contributed by atoms with Gasteiger partial charge in [0.25, 0.3) is 5.56 Å². The molecular weight excluding hydrogens is 503 g/mol. The van der Waals surface area contributed by atoms with E-state index in [1.165, 1.54) is 15.4 Å². The van der Waals surface area contributed by atoms with Gasteiger partial charge in [0.1, 0.15) is 11.0 Å². The van der Waals surface area contributed by atoms with Crippen LogP contribution < -0.4 is 15.8 Å². The van der Waals surface area contributed by atoms with E-state index in [-0.39, 0.29) is 5.56 Å². The van der Waals surface area contributed by atoms with Crippen molar-refractivity contribution in [1.29, 1.82) is 0 Å². The molecule has 0 radical (unpaired) electrons. The molecular formula is C25H30Cl2N6O3. The summed E-state index contributed by atoms with van der Waals surface area (Å²) in [4.78, 5) is 32.7. The van der Waals surface area contributed by atoms with Crippen LogP contribution in [0, 0.1) is 0 Å². The molecule has 192 valence electrons. The lowest BCUT2D eigenvalue weighted by molar-refractivity contribution is 0.0448. The van der Waals surface area contributed by atoms with E-state index in [0.717, 1.165) is 0 Å². The van der Waals surface area contributed by atoms with Crippen LogP contribution in [0.3, 0.4) is 0 Å². The highest BCUT2D eigenvalue weighted by Crippen LogP contribution is 2.36. The molecule has 0 aliphatic carbocycles. The number of anilines is 1. The first-order valence-electron chi connectivity index (χ1n) is 11.7. The number of ether oxygens (including phenoxy) is 1. The normalized spacial score (nSPS) is 15.7. The number of alkyl carbamates (subject to hydrolysis) is 1. The molecule has 0 spiro atoms. The minimum Gasteiger partial charge on any atom is -0.444 e. The van der Waals surface area contributed by atoms with E-state index in [4.69, 9.17) is 32.9 Å². The monoisotopic (exact) mass is 532 g/mol. The van der Waals surface area contributed by atoms with Gasteiger partial charge in [0.05, 0.1) is 15.7 Å². The van der Waals surface area contributed by atoms with E-state index >= 15 is 0 Å². The van der Waals surface area contributed by atoms with Gasteiger partial charge in [0.15, 0.2) is 5.65 Å². The topological polar surface area (TPSA) is 94.3 Å². The molecule has 1 N–H and O–H groups in total. The van der Waals surface area contributed by atoms with E-state index in [1.54, 1.807) is 25.2 Å². The summed E-state index contributed by atoms with van der Waals surface area (Å²) >= 11 is 12.7. The fourth-order valence-electron chi connectivity index (χ4n) is 4.36. The van der Waals surface area contributed by atoms with Crippen LogP contribution in [0.1, 0.15) is 40.5 Å². The second-order valence-corrected chi connectivity index (χ2v) is 11.0. The molecule has 9 nitrogen and oxygen atoms in total. The fourth-order valence-corrected chi connectivity index (χ4v) is 4.75. The third-order valence-electron chi connectivity index (χ3n) is 6.25. The first-order chi connectivity index (χ1) is 16.8. The number of carbonyl (C=O) groups is 1. The zero-order valence-electron chi connectivity index (χ0n) is 21.1. The molecule has 1 aromatic carbocycles. The average molecular weight is 533 g/mol. The van der Waals surface area contributed by atoms with Gasteiger partial charge in [-0.15, -0.1) is 5.10 Å². The number of benzene rings is 1. The highest BCUT2D eigenvalue weighted by molar-refractivity contribution is 6.43. The number of nitrogens with zero attached hydrogens (tertiary/aromatic N) is 5. The van der Waals surface area contributed by atoms with Crippen LogP contribution in [0.5, 0.6) is 0 Å². The summed E-state index contributed by atoms with van der Waals surface area (Å²) in [5.74, 6) is 0.504. The van der Waals surface area contributed by atoms with Crippen molar-refractivity contribution in [2.45, 2.75) is 51.7 Å². The Bertz CT molecular complexity index is 1400. The van der Waals surface area contributed by atoms with Crippen molar-refractivity contribution in [3.05, 3.63) is 45.2 Å². The van der Waals surface area contributed by atoms with E-state index < -0.39 is 17.2 Å². The van der Waals surface area contributed by atoms with E-state index in [0.29, 0.717) is 64.2 Å². The number of amides is 1. The maximum Gasteiger partial charge on any atom is 0.408 e. The molecule has 0 unspecified atom stereocenters. The second kappa shape index (κ2) is 9.44. The molecule has 4 rings (SSSR count). The molecule has 2 aromatic heterocycles. The molecule has 1 aliphatic heterocycles. The number of nitrogens with one attached hydrogen (secondary N) is 1. The molecule has 3 aromatic rings. The van der Waals surface area contributed by atoms with Gasteiger partial charge in [-0.2, -0.15) is 4.98 Å². The quantitative estimate of drug-likeness (QED) is 0.502. The van der Waals surface area contributed by atoms with E-state index in [9.17, 15) is 9.59 Å². The maximum atomic E-state index is 13.6. The van der Waals surface area contributed by atoms with Crippen LogP contribution in [0.25, 0.3) is 28.5 Å².